The molecule has 94 heavy (non-hydrogen) atoms. The Balaban J connectivity index is 1.04. The Morgan fingerprint density at radius 1 is 0.170 bits per heavy atom. The van der Waals surface area contributed by atoms with Crippen molar-refractivity contribution in [3.05, 3.63) is 50.1 Å². The molecule has 8 heteroatoms. The molecular formula is C86H36O8. The van der Waals surface area contributed by atoms with Crippen molar-refractivity contribution >= 4 is 307 Å². The van der Waals surface area contributed by atoms with E-state index in [2.05, 4.69) is 83.1 Å². The van der Waals surface area contributed by atoms with Gasteiger partial charge in [-0.05, 0) is 390 Å². The van der Waals surface area contributed by atoms with Crippen LogP contribution in [0.1, 0.15) is 128 Å². The summed E-state index contributed by atoms with van der Waals surface area (Å²) in [5.41, 5.74) is 1.72. The molecule has 0 radical (unpaired) electrons. The standard InChI is InChI=1S/C86H36O8/c1-79(2,3)87-91-83-70-60-50-38-30-19-13-14-18-16-15-17(13)26-28-21(15)24-25-22(16)29-27(18)34-31-20(14)23(19)32-37(38)49-54-41(32)40(31)52-48(34)53-42(29)46-36(25)45-44-35(24)43-39(28)51(47(50)33(26)30)61(70)65-55(43)56(44)66-67-57(45)58(46)68-64(53)71-62(52)63(54)72-69(59(49)60)77(83)78-84(74(66)73(65)83,92-88-80(4,5)6)75(67)76(68)85(71,93-89-81(7,8)9)86(72,78)94-90-82(10,11)12/h1-12H3. The monoisotopic (exact) mass is 1200 g/mol. The molecule has 0 aliphatic heterocycles. The molecule has 428 valence electrons. The molecule has 0 spiro atoms. The molecule has 8 nitrogen and oxygen atoms in total. The van der Waals surface area contributed by atoms with Gasteiger partial charge in [0, 0.05) is 50.1 Å². The molecular weight excluding hydrogens is 1160 g/mol. The van der Waals surface area contributed by atoms with Crippen molar-refractivity contribution in [2.75, 3.05) is 0 Å². The van der Waals surface area contributed by atoms with Crippen LogP contribution in [-0.4, -0.2) is 22.4 Å². The first-order chi connectivity index (χ1) is 45.3. The van der Waals surface area contributed by atoms with Crippen LogP contribution in [0, 0.1) is 0 Å². The van der Waals surface area contributed by atoms with Gasteiger partial charge < -0.3 is 0 Å². The number of hydrogen-bond donors (Lipinski definition) is 0. The van der Waals surface area contributed by atoms with Gasteiger partial charge in [-0.3, -0.25) is 0 Å². The molecule has 37 rings (SSSR count). The van der Waals surface area contributed by atoms with Gasteiger partial charge >= 0.3 is 0 Å². The van der Waals surface area contributed by atoms with Gasteiger partial charge in [0.25, 0.3) is 0 Å². The highest BCUT2D eigenvalue weighted by Gasteiger charge is 2.85. The molecule has 0 bridgehead atoms. The zero-order valence-electron chi connectivity index (χ0n) is 52.3. The molecule has 0 saturated heterocycles. The number of benzene rings is 21. The summed E-state index contributed by atoms with van der Waals surface area (Å²) >= 11 is 0. The summed E-state index contributed by atoms with van der Waals surface area (Å²) in [6.07, 6.45) is 0. The van der Waals surface area contributed by atoms with Crippen LogP contribution < -0.4 is 0 Å². The van der Waals surface area contributed by atoms with Gasteiger partial charge in [-0.2, -0.15) is 0 Å². The first-order valence-electron chi connectivity index (χ1n) is 34.5. The van der Waals surface area contributed by atoms with Crippen molar-refractivity contribution in [2.24, 2.45) is 0 Å². The molecule has 0 saturated carbocycles. The Morgan fingerprint density at radius 2 is 0.372 bits per heavy atom. The highest BCUT2D eigenvalue weighted by atomic mass is 17.2. The predicted octanol–water partition coefficient (Wildman–Crippen LogP) is 22.5. The molecule has 0 aromatic heterocycles. The van der Waals surface area contributed by atoms with Crippen molar-refractivity contribution < 1.29 is 39.1 Å². The summed E-state index contributed by atoms with van der Waals surface area (Å²) in [7, 11) is 0. The number of rotatable bonds is 8. The summed E-state index contributed by atoms with van der Waals surface area (Å²) in [4.78, 5) is 64.1. The summed E-state index contributed by atoms with van der Waals surface area (Å²) in [6, 6.07) is 0. The third-order valence-corrected chi connectivity index (χ3v) is 29.2. The lowest BCUT2D eigenvalue weighted by atomic mass is 9.53. The van der Waals surface area contributed by atoms with E-state index in [1.807, 2.05) is 0 Å². The Morgan fingerprint density at radius 3 is 0.691 bits per heavy atom. The van der Waals surface area contributed by atoms with Gasteiger partial charge in [0.2, 0.25) is 0 Å². The second-order valence-corrected chi connectivity index (χ2v) is 36.6. The molecule has 0 fully saturated rings. The van der Waals surface area contributed by atoms with Crippen molar-refractivity contribution in [2.45, 2.75) is 128 Å². The van der Waals surface area contributed by atoms with E-state index in [0.29, 0.717) is 0 Å². The minimum atomic E-state index is -1.69. The Labute approximate surface area is 521 Å². The van der Waals surface area contributed by atoms with Gasteiger partial charge in [0.1, 0.15) is 0 Å². The van der Waals surface area contributed by atoms with Crippen LogP contribution in [0.3, 0.4) is 0 Å². The van der Waals surface area contributed by atoms with Crippen LogP contribution in [0.25, 0.3) is 307 Å². The SMILES string of the molecule is CC(C)(C)OOC12C3=C4c5c6c7c8c9c%10c%11c(c1c1c%12c2c2c%13c%14c(c%15c5c5c7c7c%16c8c8c%10c%10c%17c%11c1c1c%11c%12c%13c%12c%13c%14c%14c%15c%15c5c7c5c7c%15c%14c%14c%13c%13c(c%11%12)c(c1%17)c1c%10c%10c8c%16c5c5c%10c1c%13c%14c75)C42OOC(C)(C)C)C9(OOC(C)(C)C)C36OOC(C)(C)C. The molecule has 8 aliphatic rings. The van der Waals surface area contributed by atoms with E-state index in [1.165, 1.54) is 286 Å². The van der Waals surface area contributed by atoms with E-state index in [4.69, 9.17) is 39.1 Å². The minimum absolute atomic E-state index is 0.748. The maximum absolute atomic E-state index is 8.57. The van der Waals surface area contributed by atoms with Crippen molar-refractivity contribution in [1.82, 2.24) is 0 Å². The summed E-state index contributed by atoms with van der Waals surface area (Å²) in [6.45, 7) is 25.8. The fourth-order valence-corrected chi connectivity index (χ4v) is 28.8. The van der Waals surface area contributed by atoms with Gasteiger partial charge in [-0.15, -0.1) is 0 Å². The number of hydrogen-bond acceptors (Lipinski definition) is 8. The minimum Gasteiger partial charge on any atom is -0.230 e. The van der Waals surface area contributed by atoms with Crippen molar-refractivity contribution in [3.8, 4) is 0 Å². The molecule has 0 amide bonds. The fourth-order valence-electron chi connectivity index (χ4n) is 28.8. The maximum Gasteiger partial charge on any atom is 0.196 e. The quantitative estimate of drug-likeness (QED) is 0.0645. The zero-order chi connectivity index (χ0) is 59.8. The van der Waals surface area contributed by atoms with Crippen LogP contribution in [0.4, 0.5) is 0 Å². The van der Waals surface area contributed by atoms with E-state index in [-0.39, 0.29) is 0 Å². The third-order valence-electron chi connectivity index (χ3n) is 29.2. The molecule has 4 atom stereocenters. The predicted molar refractivity (Wildman–Crippen MR) is 377 cm³/mol. The van der Waals surface area contributed by atoms with E-state index < -0.39 is 44.8 Å². The second kappa shape index (κ2) is 9.67. The largest absolute Gasteiger partial charge is 0.230 e. The average molecular weight is 1200 g/mol. The van der Waals surface area contributed by atoms with Crippen molar-refractivity contribution in [3.63, 3.8) is 0 Å². The lowest BCUT2D eigenvalue weighted by Gasteiger charge is -2.58. The second-order valence-electron chi connectivity index (χ2n) is 36.6. The topological polar surface area (TPSA) is 73.8 Å². The van der Waals surface area contributed by atoms with E-state index in [1.54, 1.807) is 21.5 Å². The lowest BCUT2D eigenvalue weighted by Crippen LogP contribution is -2.64. The van der Waals surface area contributed by atoms with E-state index in [0.717, 1.165) is 50.1 Å². The maximum atomic E-state index is 8.57. The van der Waals surface area contributed by atoms with Crippen LogP contribution in [-0.2, 0) is 61.5 Å². The molecule has 29 aromatic rings. The summed E-state index contributed by atoms with van der Waals surface area (Å²) in [5, 5.41) is 80.4. The summed E-state index contributed by atoms with van der Waals surface area (Å²) in [5.74, 6) is 0. The van der Waals surface area contributed by atoms with Gasteiger partial charge in [-0.25, -0.2) is 39.1 Å². The van der Waals surface area contributed by atoms with Crippen molar-refractivity contribution in [1.29, 1.82) is 0 Å². The third kappa shape index (κ3) is 2.60. The van der Waals surface area contributed by atoms with Gasteiger partial charge in [0.05, 0.1) is 22.4 Å². The Hall–Kier alpha value is -8.90. The van der Waals surface area contributed by atoms with Crippen LogP contribution >= 0.6 is 0 Å². The molecule has 0 heterocycles. The van der Waals surface area contributed by atoms with Crippen LogP contribution in [0.15, 0.2) is 5.57 Å². The lowest BCUT2D eigenvalue weighted by molar-refractivity contribution is -0.487. The van der Waals surface area contributed by atoms with E-state index in [9.17, 15) is 0 Å². The molecule has 8 aliphatic carbocycles. The Bertz CT molecular complexity index is 8960. The van der Waals surface area contributed by atoms with Crippen LogP contribution in [0.5, 0.6) is 0 Å². The summed E-state index contributed by atoms with van der Waals surface area (Å²) < 4.78 is 0. The van der Waals surface area contributed by atoms with Gasteiger partial charge in [0.15, 0.2) is 22.4 Å². The first-order valence-corrected chi connectivity index (χ1v) is 34.5. The highest BCUT2D eigenvalue weighted by Crippen LogP contribution is 2.90. The van der Waals surface area contributed by atoms with Crippen LogP contribution in [0.2, 0.25) is 0 Å². The average Bonchev–Trinajstić information content (AvgIpc) is 1.38. The Kier molecular flexibility index (Phi) is 4.29. The zero-order valence-corrected chi connectivity index (χ0v) is 52.3. The van der Waals surface area contributed by atoms with E-state index >= 15 is 0 Å². The molecule has 29 aromatic carbocycles. The molecule has 4 unspecified atom stereocenters. The molecule has 0 N–H and O–H groups in total. The highest BCUT2D eigenvalue weighted by molar-refractivity contribution is 6.81. The first kappa shape index (κ1) is 41.7. The fraction of sp³-hybridized carbons (Fsp3) is 0.233. The normalized spacial score (nSPS) is 24.6. The van der Waals surface area contributed by atoms with Gasteiger partial charge in [-0.1, -0.05) is 0 Å². The smallest absolute Gasteiger partial charge is 0.196 e.